The van der Waals surface area contributed by atoms with E-state index in [1.807, 2.05) is 25.1 Å². The Bertz CT molecular complexity index is 493. The lowest BCUT2D eigenvalue weighted by Crippen LogP contribution is -2.25. The minimum absolute atomic E-state index is 0.0642. The van der Waals surface area contributed by atoms with Gasteiger partial charge < -0.3 is 9.47 Å². The van der Waals surface area contributed by atoms with Gasteiger partial charge in [-0.15, -0.1) is 0 Å². The first-order valence-electron chi connectivity index (χ1n) is 8.17. The van der Waals surface area contributed by atoms with Crippen molar-refractivity contribution in [2.75, 3.05) is 6.61 Å². The van der Waals surface area contributed by atoms with Gasteiger partial charge in [0, 0.05) is 16.5 Å². The molecular formula is C18H25BrO3. The molecule has 122 valence electrons. The van der Waals surface area contributed by atoms with Gasteiger partial charge in [-0.1, -0.05) is 22.0 Å². The summed E-state index contributed by atoms with van der Waals surface area (Å²) in [6.45, 7) is 4.40. The third kappa shape index (κ3) is 5.01. The van der Waals surface area contributed by atoms with Crippen LogP contribution in [0.2, 0.25) is 0 Å². The first-order chi connectivity index (χ1) is 10.6. The Morgan fingerprint density at radius 2 is 2.00 bits per heavy atom. The molecule has 0 aromatic heterocycles. The van der Waals surface area contributed by atoms with Gasteiger partial charge in [0.15, 0.2) is 0 Å². The maximum absolute atomic E-state index is 11.4. The molecule has 1 saturated carbocycles. The Morgan fingerprint density at radius 1 is 1.27 bits per heavy atom. The van der Waals surface area contributed by atoms with Gasteiger partial charge in [0.2, 0.25) is 0 Å². The molecule has 0 radical (unpaired) electrons. The fourth-order valence-electron chi connectivity index (χ4n) is 2.99. The molecule has 0 aliphatic heterocycles. The highest BCUT2D eigenvalue weighted by molar-refractivity contribution is 9.10. The topological polar surface area (TPSA) is 35.5 Å². The highest BCUT2D eigenvalue weighted by atomic mass is 79.9. The van der Waals surface area contributed by atoms with Crippen LogP contribution in [0.5, 0.6) is 5.75 Å². The molecule has 1 aromatic rings. The normalized spacial score (nSPS) is 21.4. The zero-order chi connectivity index (χ0) is 15.9. The average molecular weight is 369 g/mol. The number of hydrogen-bond acceptors (Lipinski definition) is 3. The first-order valence-corrected chi connectivity index (χ1v) is 8.96. The third-order valence-corrected chi connectivity index (χ3v) is 5.23. The molecule has 1 aliphatic carbocycles. The van der Waals surface area contributed by atoms with Gasteiger partial charge in [-0.25, -0.2) is 0 Å². The van der Waals surface area contributed by atoms with Crippen molar-refractivity contribution >= 4 is 21.9 Å². The van der Waals surface area contributed by atoms with Gasteiger partial charge in [0.05, 0.1) is 12.7 Å². The van der Waals surface area contributed by atoms with E-state index in [9.17, 15) is 4.79 Å². The molecule has 1 fully saturated rings. The van der Waals surface area contributed by atoms with Gasteiger partial charge >= 0.3 is 5.97 Å². The van der Waals surface area contributed by atoms with E-state index < -0.39 is 0 Å². The van der Waals surface area contributed by atoms with Crippen molar-refractivity contribution in [1.29, 1.82) is 0 Å². The standard InChI is InChI=1S/C18H25BrO3/c1-3-21-18(20)12-9-14-7-10-15(11-8-14)22-17-6-4-5-16(19)13(17)2/h4-6,14-15H,3,7-12H2,1-2H3/t14-,15-. The van der Waals surface area contributed by atoms with E-state index in [-0.39, 0.29) is 5.97 Å². The maximum atomic E-state index is 11.4. The third-order valence-electron chi connectivity index (χ3n) is 4.37. The van der Waals surface area contributed by atoms with Crippen molar-refractivity contribution < 1.29 is 14.3 Å². The lowest BCUT2D eigenvalue weighted by Gasteiger charge is -2.29. The van der Waals surface area contributed by atoms with Crippen LogP contribution >= 0.6 is 15.9 Å². The van der Waals surface area contributed by atoms with Crippen LogP contribution in [0.1, 0.15) is 51.0 Å². The van der Waals surface area contributed by atoms with E-state index in [1.165, 1.54) is 0 Å². The SMILES string of the molecule is CCOC(=O)CC[C@H]1CC[C@H](Oc2cccc(Br)c2C)CC1. The smallest absolute Gasteiger partial charge is 0.305 e. The molecule has 0 spiro atoms. The van der Waals surface area contributed by atoms with Crippen molar-refractivity contribution in [1.82, 2.24) is 0 Å². The lowest BCUT2D eigenvalue weighted by atomic mass is 9.84. The summed E-state index contributed by atoms with van der Waals surface area (Å²) in [4.78, 5) is 11.4. The number of hydrogen-bond donors (Lipinski definition) is 0. The molecule has 0 saturated heterocycles. The van der Waals surface area contributed by atoms with Crippen LogP contribution in [0, 0.1) is 12.8 Å². The molecule has 1 aliphatic rings. The van der Waals surface area contributed by atoms with Crippen LogP contribution in [0.15, 0.2) is 22.7 Å². The molecule has 0 unspecified atom stereocenters. The van der Waals surface area contributed by atoms with E-state index in [2.05, 4.69) is 22.9 Å². The van der Waals surface area contributed by atoms with Crippen LogP contribution in [0.4, 0.5) is 0 Å². The number of esters is 1. The summed E-state index contributed by atoms with van der Waals surface area (Å²) in [6, 6.07) is 6.08. The molecule has 0 N–H and O–H groups in total. The van der Waals surface area contributed by atoms with Crippen LogP contribution in [0.3, 0.4) is 0 Å². The van der Waals surface area contributed by atoms with Crippen molar-refractivity contribution in [2.45, 2.75) is 58.5 Å². The summed E-state index contributed by atoms with van der Waals surface area (Å²) < 4.78 is 12.2. The molecule has 0 atom stereocenters. The molecule has 4 heteroatoms. The Balaban J connectivity index is 1.75. The summed E-state index contributed by atoms with van der Waals surface area (Å²) in [6.07, 6.45) is 6.20. The van der Waals surface area contributed by atoms with Crippen molar-refractivity contribution in [3.63, 3.8) is 0 Å². The second-order valence-electron chi connectivity index (χ2n) is 5.97. The summed E-state index contributed by atoms with van der Waals surface area (Å²) in [5.41, 5.74) is 1.16. The minimum atomic E-state index is -0.0642. The number of benzene rings is 1. The zero-order valence-corrected chi connectivity index (χ0v) is 15.0. The average Bonchev–Trinajstić information content (AvgIpc) is 2.51. The van der Waals surface area contributed by atoms with E-state index in [4.69, 9.17) is 9.47 Å². The summed E-state index contributed by atoms with van der Waals surface area (Å²) in [5, 5.41) is 0. The summed E-state index contributed by atoms with van der Waals surface area (Å²) >= 11 is 3.54. The number of carbonyl (C=O) groups is 1. The number of rotatable bonds is 6. The second kappa shape index (κ2) is 8.56. The molecular weight excluding hydrogens is 344 g/mol. The van der Waals surface area contributed by atoms with Gasteiger partial charge in [0.25, 0.3) is 0 Å². The Labute approximate surface area is 141 Å². The Morgan fingerprint density at radius 3 is 2.68 bits per heavy atom. The molecule has 3 nitrogen and oxygen atoms in total. The van der Waals surface area contributed by atoms with Crippen molar-refractivity contribution in [2.24, 2.45) is 5.92 Å². The number of ether oxygens (including phenoxy) is 2. The minimum Gasteiger partial charge on any atom is -0.490 e. The van der Waals surface area contributed by atoms with Crippen LogP contribution in [-0.2, 0) is 9.53 Å². The van der Waals surface area contributed by atoms with E-state index in [0.29, 0.717) is 25.0 Å². The van der Waals surface area contributed by atoms with Crippen LogP contribution in [-0.4, -0.2) is 18.7 Å². The van der Waals surface area contributed by atoms with Crippen LogP contribution < -0.4 is 4.74 Å². The summed E-state index contributed by atoms with van der Waals surface area (Å²) in [7, 11) is 0. The fraction of sp³-hybridized carbons (Fsp3) is 0.611. The predicted molar refractivity (Wildman–Crippen MR) is 91.1 cm³/mol. The molecule has 22 heavy (non-hydrogen) atoms. The van der Waals surface area contributed by atoms with Gasteiger partial charge in [0.1, 0.15) is 5.75 Å². The van der Waals surface area contributed by atoms with Gasteiger partial charge in [-0.3, -0.25) is 4.79 Å². The molecule has 2 rings (SSSR count). The van der Waals surface area contributed by atoms with E-state index >= 15 is 0 Å². The van der Waals surface area contributed by atoms with Gasteiger partial charge in [-0.05, 0) is 64.0 Å². The van der Waals surface area contributed by atoms with Crippen LogP contribution in [0.25, 0.3) is 0 Å². The zero-order valence-electron chi connectivity index (χ0n) is 13.4. The van der Waals surface area contributed by atoms with E-state index in [1.54, 1.807) is 0 Å². The fourth-order valence-corrected chi connectivity index (χ4v) is 3.34. The Kier molecular flexibility index (Phi) is 6.74. The van der Waals surface area contributed by atoms with E-state index in [0.717, 1.165) is 47.9 Å². The maximum Gasteiger partial charge on any atom is 0.305 e. The Hall–Kier alpha value is -1.03. The van der Waals surface area contributed by atoms with Crippen molar-refractivity contribution in [3.05, 3.63) is 28.2 Å². The number of halogens is 1. The first kappa shape index (κ1) is 17.3. The molecule has 0 bridgehead atoms. The largest absolute Gasteiger partial charge is 0.490 e. The molecule has 0 amide bonds. The van der Waals surface area contributed by atoms with Gasteiger partial charge in [-0.2, -0.15) is 0 Å². The highest BCUT2D eigenvalue weighted by Crippen LogP contribution is 2.32. The summed E-state index contributed by atoms with van der Waals surface area (Å²) in [5.74, 6) is 1.54. The highest BCUT2D eigenvalue weighted by Gasteiger charge is 2.23. The van der Waals surface area contributed by atoms with Crippen molar-refractivity contribution in [3.8, 4) is 5.75 Å². The lowest BCUT2D eigenvalue weighted by molar-refractivity contribution is -0.143. The monoisotopic (exact) mass is 368 g/mol. The quantitative estimate of drug-likeness (QED) is 0.659. The molecule has 0 heterocycles. The second-order valence-corrected chi connectivity index (χ2v) is 6.82. The predicted octanol–water partition coefficient (Wildman–Crippen LogP) is 5.04. The molecule has 1 aromatic carbocycles. The number of carbonyl (C=O) groups excluding carboxylic acids is 1.